The number of ether oxygens (including phenoxy) is 1. The molecule has 0 saturated heterocycles. The Hall–Kier alpha value is -1.88. The normalized spacial score (nSPS) is 14.0. The van der Waals surface area contributed by atoms with E-state index in [-0.39, 0.29) is 18.3 Å². The molecule has 1 aromatic carbocycles. The standard InChI is InChI=1S/C16H22N2O3/c1-18(11-15(19)17-14-7-8-14)10-13-6-4-3-5-12(13)9-16(20)21-2/h3-6,14H,7-11H2,1-2H3,(H,17,19). The van der Waals surface area contributed by atoms with E-state index >= 15 is 0 Å². The maximum absolute atomic E-state index is 11.8. The molecule has 1 N–H and O–H groups in total. The first-order valence-electron chi connectivity index (χ1n) is 7.20. The summed E-state index contributed by atoms with van der Waals surface area (Å²) in [5.74, 6) is -0.193. The minimum Gasteiger partial charge on any atom is -0.469 e. The predicted molar refractivity (Wildman–Crippen MR) is 79.7 cm³/mol. The fourth-order valence-electron chi connectivity index (χ4n) is 2.20. The molecule has 21 heavy (non-hydrogen) atoms. The Morgan fingerprint density at radius 1 is 1.29 bits per heavy atom. The molecule has 2 rings (SSSR count). The van der Waals surface area contributed by atoms with E-state index in [0.717, 1.165) is 24.0 Å². The summed E-state index contributed by atoms with van der Waals surface area (Å²) in [6, 6.07) is 8.13. The van der Waals surface area contributed by atoms with Gasteiger partial charge in [0.1, 0.15) is 0 Å². The van der Waals surface area contributed by atoms with Crippen LogP contribution < -0.4 is 5.32 Å². The van der Waals surface area contributed by atoms with E-state index in [4.69, 9.17) is 4.74 Å². The summed E-state index contributed by atoms with van der Waals surface area (Å²) in [5.41, 5.74) is 1.99. The fraction of sp³-hybridized carbons (Fsp3) is 0.500. The van der Waals surface area contributed by atoms with E-state index < -0.39 is 0 Å². The van der Waals surface area contributed by atoms with Gasteiger partial charge in [-0.25, -0.2) is 0 Å². The average Bonchev–Trinajstić information content (AvgIpc) is 3.24. The summed E-state index contributed by atoms with van der Waals surface area (Å²) in [4.78, 5) is 25.2. The SMILES string of the molecule is COC(=O)Cc1ccccc1CN(C)CC(=O)NC1CC1. The first-order valence-corrected chi connectivity index (χ1v) is 7.20. The molecule has 0 heterocycles. The lowest BCUT2D eigenvalue weighted by Crippen LogP contribution is -2.36. The molecule has 0 bridgehead atoms. The minimum absolute atomic E-state index is 0.0606. The lowest BCUT2D eigenvalue weighted by Gasteiger charge is -2.18. The zero-order valence-corrected chi connectivity index (χ0v) is 12.6. The summed E-state index contributed by atoms with van der Waals surface area (Å²) in [5, 5.41) is 2.97. The number of nitrogens with zero attached hydrogens (tertiary/aromatic N) is 1. The molecule has 1 fully saturated rings. The second-order valence-electron chi connectivity index (χ2n) is 5.54. The molecule has 1 saturated carbocycles. The number of likely N-dealkylation sites (N-methyl/N-ethyl adjacent to an activating group) is 1. The highest BCUT2D eigenvalue weighted by molar-refractivity contribution is 5.78. The fourth-order valence-corrected chi connectivity index (χ4v) is 2.20. The highest BCUT2D eigenvalue weighted by Gasteiger charge is 2.23. The zero-order chi connectivity index (χ0) is 15.2. The smallest absolute Gasteiger partial charge is 0.309 e. The second kappa shape index (κ2) is 7.22. The van der Waals surface area contributed by atoms with Crippen LogP contribution in [-0.2, 0) is 27.3 Å². The van der Waals surface area contributed by atoms with Crippen molar-refractivity contribution in [1.82, 2.24) is 10.2 Å². The first kappa shape index (κ1) is 15.5. The van der Waals surface area contributed by atoms with Crippen LogP contribution in [0.25, 0.3) is 0 Å². The summed E-state index contributed by atoms with van der Waals surface area (Å²) >= 11 is 0. The molecule has 0 aromatic heterocycles. The molecule has 0 spiro atoms. The zero-order valence-electron chi connectivity index (χ0n) is 12.6. The number of methoxy groups -OCH3 is 1. The Kier molecular flexibility index (Phi) is 5.33. The number of nitrogens with one attached hydrogen (secondary N) is 1. The molecule has 0 aliphatic heterocycles. The van der Waals surface area contributed by atoms with Crippen LogP contribution in [0.2, 0.25) is 0 Å². The Balaban J connectivity index is 1.91. The van der Waals surface area contributed by atoms with E-state index in [1.165, 1.54) is 7.11 Å². The van der Waals surface area contributed by atoms with Gasteiger partial charge < -0.3 is 10.1 Å². The highest BCUT2D eigenvalue weighted by Crippen LogP contribution is 2.18. The molecular weight excluding hydrogens is 268 g/mol. The number of amides is 1. The number of hydrogen-bond acceptors (Lipinski definition) is 4. The molecule has 114 valence electrons. The summed E-state index contributed by atoms with van der Waals surface area (Å²) < 4.78 is 4.71. The lowest BCUT2D eigenvalue weighted by molar-refractivity contribution is -0.139. The Bertz CT molecular complexity index is 512. The van der Waals surface area contributed by atoms with Crippen molar-refractivity contribution in [3.05, 3.63) is 35.4 Å². The van der Waals surface area contributed by atoms with Gasteiger partial charge in [0.15, 0.2) is 0 Å². The van der Waals surface area contributed by atoms with Crippen molar-refractivity contribution < 1.29 is 14.3 Å². The molecule has 1 aliphatic carbocycles. The maximum Gasteiger partial charge on any atom is 0.309 e. The highest BCUT2D eigenvalue weighted by atomic mass is 16.5. The second-order valence-corrected chi connectivity index (χ2v) is 5.54. The van der Waals surface area contributed by atoms with Gasteiger partial charge in [0.25, 0.3) is 0 Å². The van der Waals surface area contributed by atoms with Crippen molar-refractivity contribution in [2.24, 2.45) is 0 Å². The third-order valence-corrected chi connectivity index (χ3v) is 3.48. The number of carbonyl (C=O) groups is 2. The molecular formula is C16H22N2O3. The van der Waals surface area contributed by atoms with Crippen LogP contribution in [0.15, 0.2) is 24.3 Å². The van der Waals surface area contributed by atoms with Gasteiger partial charge in [0.2, 0.25) is 5.91 Å². The van der Waals surface area contributed by atoms with Crippen LogP contribution in [-0.4, -0.2) is 43.5 Å². The number of esters is 1. The Labute approximate surface area is 125 Å². The number of carbonyl (C=O) groups excluding carboxylic acids is 2. The van der Waals surface area contributed by atoms with Gasteiger partial charge in [-0.05, 0) is 31.0 Å². The van der Waals surface area contributed by atoms with Crippen LogP contribution in [0.1, 0.15) is 24.0 Å². The van der Waals surface area contributed by atoms with E-state index in [1.807, 2.05) is 36.2 Å². The Morgan fingerprint density at radius 2 is 1.95 bits per heavy atom. The first-order chi connectivity index (χ1) is 10.1. The van der Waals surface area contributed by atoms with Gasteiger partial charge in [0.05, 0.1) is 20.1 Å². The molecule has 5 nitrogen and oxygen atoms in total. The lowest BCUT2D eigenvalue weighted by atomic mass is 10.0. The number of rotatable bonds is 7. The van der Waals surface area contributed by atoms with Gasteiger partial charge in [0, 0.05) is 12.6 Å². The van der Waals surface area contributed by atoms with Gasteiger partial charge in [-0.15, -0.1) is 0 Å². The molecule has 0 radical (unpaired) electrons. The van der Waals surface area contributed by atoms with Gasteiger partial charge >= 0.3 is 5.97 Å². The van der Waals surface area contributed by atoms with Gasteiger partial charge in [-0.2, -0.15) is 0 Å². The quantitative estimate of drug-likeness (QED) is 0.764. The largest absolute Gasteiger partial charge is 0.469 e. The molecule has 1 aliphatic rings. The predicted octanol–water partition coefficient (Wildman–Crippen LogP) is 1.11. The summed E-state index contributed by atoms with van der Waals surface area (Å²) in [6.45, 7) is 0.994. The summed E-state index contributed by atoms with van der Waals surface area (Å²) in [7, 11) is 3.29. The molecule has 0 unspecified atom stereocenters. The minimum atomic E-state index is -0.253. The van der Waals surface area contributed by atoms with Crippen LogP contribution in [0, 0.1) is 0 Å². The van der Waals surface area contributed by atoms with Crippen LogP contribution >= 0.6 is 0 Å². The van der Waals surface area contributed by atoms with Crippen LogP contribution in [0.3, 0.4) is 0 Å². The third kappa shape index (κ3) is 5.19. The van der Waals surface area contributed by atoms with Crippen molar-refractivity contribution in [2.75, 3.05) is 20.7 Å². The molecule has 5 heteroatoms. The number of benzene rings is 1. The Morgan fingerprint density at radius 3 is 2.57 bits per heavy atom. The monoisotopic (exact) mass is 290 g/mol. The van der Waals surface area contributed by atoms with Crippen molar-refractivity contribution in [3.8, 4) is 0 Å². The molecule has 1 amide bonds. The number of hydrogen-bond donors (Lipinski definition) is 1. The maximum atomic E-state index is 11.8. The average molecular weight is 290 g/mol. The van der Waals surface area contributed by atoms with Crippen molar-refractivity contribution in [1.29, 1.82) is 0 Å². The van der Waals surface area contributed by atoms with Crippen molar-refractivity contribution in [3.63, 3.8) is 0 Å². The van der Waals surface area contributed by atoms with E-state index in [9.17, 15) is 9.59 Å². The van der Waals surface area contributed by atoms with E-state index in [1.54, 1.807) is 0 Å². The van der Waals surface area contributed by atoms with Crippen molar-refractivity contribution >= 4 is 11.9 Å². The van der Waals surface area contributed by atoms with E-state index in [0.29, 0.717) is 19.1 Å². The third-order valence-electron chi connectivity index (χ3n) is 3.48. The van der Waals surface area contributed by atoms with Gasteiger partial charge in [-0.1, -0.05) is 24.3 Å². The molecule has 1 aromatic rings. The van der Waals surface area contributed by atoms with Crippen LogP contribution in [0.5, 0.6) is 0 Å². The topological polar surface area (TPSA) is 58.6 Å². The van der Waals surface area contributed by atoms with Gasteiger partial charge in [-0.3, -0.25) is 14.5 Å². The van der Waals surface area contributed by atoms with E-state index in [2.05, 4.69) is 5.32 Å². The summed E-state index contributed by atoms with van der Waals surface area (Å²) in [6.07, 6.45) is 2.45. The molecule has 0 atom stereocenters. The van der Waals surface area contributed by atoms with Crippen molar-refractivity contribution in [2.45, 2.75) is 31.8 Å². The van der Waals surface area contributed by atoms with Crippen LogP contribution in [0.4, 0.5) is 0 Å².